The van der Waals surface area contributed by atoms with Crippen molar-refractivity contribution in [1.82, 2.24) is 5.32 Å². The van der Waals surface area contributed by atoms with Crippen LogP contribution in [0.1, 0.15) is 162 Å². The molecule has 7 atom stereocenters. The van der Waals surface area contributed by atoms with E-state index in [1.807, 2.05) is 6.08 Å². The smallest absolute Gasteiger partial charge is 0.220 e. The van der Waals surface area contributed by atoms with Crippen LogP contribution in [0.15, 0.2) is 48.6 Å². The fourth-order valence-corrected chi connectivity index (χ4v) is 6.25. The number of aliphatic hydroxyl groups is 5. The molecular formula is C43H77NO8. The number of nitrogens with one attached hydrogen (secondary N) is 1. The molecule has 9 nitrogen and oxygen atoms in total. The monoisotopic (exact) mass is 736 g/mol. The number of ether oxygens (including phenoxy) is 2. The van der Waals surface area contributed by atoms with Crippen LogP contribution in [-0.4, -0.2) is 87.5 Å². The lowest BCUT2D eigenvalue weighted by Crippen LogP contribution is -2.60. The summed E-state index contributed by atoms with van der Waals surface area (Å²) in [5.74, 6) is -0.198. The van der Waals surface area contributed by atoms with Gasteiger partial charge in [-0.3, -0.25) is 4.79 Å². The van der Waals surface area contributed by atoms with Crippen LogP contribution in [0.5, 0.6) is 0 Å². The normalized spacial score (nSPS) is 22.3. The van der Waals surface area contributed by atoms with Gasteiger partial charge in [0, 0.05) is 6.42 Å². The van der Waals surface area contributed by atoms with Gasteiger partial charge in [0.15, 0.2) is 6.29 Å². The van der Waals surface area contributed by atoms with Crippen LogP contribution >= 0.6 is 0 Å². The van der Waals surface area contributed by atoms with Crippen LogP contribution in [0, 0.1) is 0 Å². The molecule has 0 aliphatic carbocycles. The van der Waals surface area contributed by atoms with E-state index in [1.165, 1.54) is 89.9 Å². The van der Waals surface area contributed by atoms with Crippen molar-refractivity contribution in [3.63, 3.8) is 0 Å². The molecule has 0 aromatic carbocycles. The molecule has 1 amide bonds. The molecule has 1 heterocycles. The third kappa shape index (κ3) is 24.5. The van der Waals surface area contributed by atoms with Gasteiger partial charge in [0.2, 0.25) is 5.91 Å². The van der Waals surface area contributed by atoms with E-state index in [9.17, 15) is 30.3 Å². The third-order valence-corrected chi connectivity index (χ3v) is 9.62. The summed E-state index contributed by atoms with van der Waals surface area (Å²) in [6.45, 7) is 3.60. The SMILES string of the molecule is CC/C=C/CC/C=C/CC/C=C/C(O)C(COC1OC(CO)C(O)C(O)C1O)NC(=O)CCCCCCCCCCC/C=C\CCCCCCCC. The minimum absolute atomic E-state index is 0.198. The highest BCUT2D eigenvalue weighted by atomic mass is 16.7. The van der Waals surface area contributed by atoms with Gasteiger partial charge in [0.1, 0.15) is 24.4 Å². The number of carbonyl (C=O) groups is 1. The molecule has 0 aromatic heterocycles. The number of aliphatic hydroxyl groups excluding tert-OH is 5. The maximum absolute atomic E-state index is 12.9. The average molecular weight is 736 g/mol. The summed E-state index contributed by atoms with van der Waals surface area (Å²) in [5, 5.41) is 53.9. The van der Waals surface area contributed by atoms with Crippen molar-refractivity contribution in [1.29, 1.82) is 0 Å². The Hall–Kier alpha value is -1.85. The molecule has 6 N–H and O–H groups in total. The maximum Gasteiger partial charge on any atom is 0.220 e. The van der Waals surface area contributed by atoms with Crippen LogP contribution in [-0.2, 0) is 14.3 Å². The second-order valence-corrected chi connectivity index (χ2v) is 14.4. The first kappa shape index (κ1) is 48.2. The molecule has 9 heteroatoms. The minimum Gasteiger partial charge on any atom is -0.394 e. The largest absolute Gasteiger partial charge is 0.394 e. The van der Waals surface area contributed by atoms with E-state index in [2.05, 4.69) is 55.6 Å². The van der Waals surface area contributed by atoms with E-state index >= 15 is 0 Å². The van der Waals surface area contributed by atoms with Gasteiger partial charge in [-0.05, 0) is 64.2 Å². The number of allylic oxidation sites excluding steroid dienone is 7. The van der Waals surface area contributed by atoms with Crippen LogP contribution < -0.4 is 5.32 Å². The van der Waals surface area contributed by atoms with Crippen LogP contribution in [0.3, 0.4) is 0 Å². The summed E-state index contributed by atoms with van der Waals surface area (Å²) in [6, 6.07) is -0.826. The van der Waals surface area contributed by atoms with Crippen LogP contribution in [0.25, 0.3) is 0 Å². The summed E-state index contributed by atoms with van der Waals surface area (Å²) < 4.78 is 11.1. The number of carbonyl (C=O) groups excluding carboxylic acids is 1. The van der Waals surface area contributed by atoms with Crippen LogP contribution in [0.2, 0.25) is 0 Å². The minimum atomic E-state index is -1.57. The van der Waals surface area contributed by atoms with Crippen LogP contribution in [0.4, 0.5) is 0 Å². The zero-order valence-electron chi connectivity index (χ0n) is 32.8. The topological polar surface area (TPSA) is 149 Å². The van der Waals surface area contributed by atoms with Gasteiger partial charge in [-0.2, -0.15) is 0 Å². The number of rotatable bonds is 33. The van der Waals surface area contributed by atoms with Gasteiger partial charge in [0.25, 0.3) is 0 Å². The molecular weight excluding hydrogens is 658 g/mol. The molecule has 0 spiro atoms. The molecule has 302 valence electrons. The van der Waals surface area contributed by atoms with Crippen molar-refractivity contribution in [3.8, 4) is 0 Å². The highest BCUT2D eigenvalue weighted by Crippen LogP contribution is 2.22. The molecule has 1 aliphatic rings. The zero-order chi connectivity index (χ0) is 38.1. The van der Waals surface area contributed by atoms with Crippen molar-refractivity contribution < 1.29 is 39.8 Å². The van der Waals surface area contributed by atoms with Crippen molar-refractivity contribution in [3.05, 3.63) is 48.6 Å². The van der Waals surface area contributed by atoms with E-state index in [1.54, 1.807) is 6.08 Å². The number of unbranched alkanes of at least 4 members (excludes halogenated alkanes) is 17. The Balaban J connectivity index is 2.36. The van der Waals surface area contributed by atoms with Gasteiger partial charge in [0.05, 0.1) is 25.4 Å². The molecule has 0 bridgehead atoms. The Morgan fingerprint density at radius 1 is 0.654 bits per heavy atom. The highest BCUT2D eigenvalue weighted by Gasteiger charge is 2.44. The van der Waals surface area contributed by atoms with Crippen molar-refractivity contribution in [2.24, 2.45) is 0 Å². The summed E-state index contributed by atoms with van der Waals surface area (Å²) >= 11 is 0. The molecule has 0 saturated carbocycles. The molecule has 1 rings (SSSR count). The van der Waals surface area contributed by atoms with Crippen molar-refractivity contribution >= 4 is 5.91 Å². The van der Waals surface area contributed by atoms with E-state index in [4.69, 9.17) is 9.47 Å². The van der Waals surface area contributed by atoms with E-state index < -0.39 is 49.5 Å². The van der Waals surface area contributed by atoms with Gasteiger partial charge < -0.3 is 40.3 Å². The molecule has 1 saturated heterocycles. The fourth-order valence-electron chi connectivity index (χ4n) is 6.25. The second-order valence-electron chi connectivity index (χ2n) is 14.4. The molecule has 1 aliphatic heterocycles. The molecule has 0 radical (unpaired) electrons. The Labute approximate surface area is 316 Å². The molecule has 7 unspecified atom stereocenters. The van der Waals surface area contributed by atoms with E-state index in [-0.39, 0.29) is 12.5 Å². The Kier molecular flexibility index (Phi) is 31.2. The summed E-state index contributed by atoms with van der Waals surface area (Å²) in [5.41, 5.74) is 0. The zero-order valence-corrected chi connectivity index (χ0v) is 32.8. The fraction of sp³-hybridized carbons (Fsp3) is 0.791. The Morgan fingerprint density at radius 3 is 1.71 bits per heavy atom. The Morgan fingerprint density at radius 2 is 1.15 bits per heavy atom. The van der Waals surface area contributed by atoms with Crippen molar-refractivity contribution in [2.75, 3.05) is 13.2 Å². The Bertz CT molecular complexity index is 951. The third-order valence-electron chi connectivity index (χ3n) is 9.62. The molecule has 0 aromatic rings. The molecule has 52 heavy (non-hydrogen) atoms. The summed E-state index contributed by atoms with van der Waals surface area (Å²) in [6.07, 6.45) is 34.5. The summed E-state index contributed by atoms with van der Waals surface area (Å²) in [7, 11) is 0. The quantitative estimate of drug-likeness (QED) is 0.0295. The average Bonchev–Trinajstić information content (AvgIpc) is 3.14. The van der Waals surface area contributed by atoms with Gasteiger partial charge >= 0.3 is 0 Å². The van der Waals surface area contributed by atoms with Gasteiger partial charge in [-0.1, -0.05) is 140 Å². The lowest BCUT2D eigenvalue weighted by atomic mass is 9.99. The maximum atomic E-state index is 12.9. The second kappa shape index (κ2) is 33.7. The van der Waals surface area contributed by atoms with E-state index in [0.717, 1.165) is 51.4 Å². The van der Waals surface area contributed by atoms with Crippen molar-refractivity contribution in [2.45, 2.75) is 204 Å². The highest BCUT2D eigenvalue weighted by molar-refractivity contribution is 5.76. The predicted molar refractivity (Wildman–Crippen MR) is 212 cm³/mol. The lowest BCUT2D eigenvalue weighted by Gasteiger charge is -2.40. The first-order chi connectivity index (χ1) is 25.3. The first-order valence-electron chi connectivity index (χ1n) is 20.9. The lowest BCUT2D eigenvalue weighted by molar-refractivity contribution is -0.302. The number of hydrogen-bond acceptors (Lipinski definition) is 8. The predicted octanol–water partition coefficient (Wildman–Crippen LogP) is 7.89. The van der Waals surface area contributed by atoms with Gasteiger partial charge in [-0.15, -0.1) is 0 Å². The summed E-state index contributed by atoms with van der Waals surface area (Å²) in [4.78, 5) is 12.9. The number of hydrogen-bond donors (Lipinski definition) is 6. The van der Waals surface area contributed by atoms with E-state index in [0.29, 0.717) is 6.42 Å². The molecule has 1 fully saturated rings. The number of amides is 1. The van der Waals surface area contributed by atoms with Gasteiger partial charge in [-0.25, -0.2) is 0 Å². The standard InChI is InChI=1S/C43H77NO8/c1-3-5-7-9-11-13-15-16-17-18-19-20-21-22-23-25-27-29-31-33-39(47)44-36(35-51-43-42(50)41(49)40(48)38(34-45)52-43)37(46)32-30-28-26-24-14-12-10-8-6-4-2/h6,8,14,16-17,24,30,32,36-38,40-43,45-46,48-50H,3-5,7,9-13,15,18-23,25-29,31,33-35H2,1-2H3,(H,44,47)/b8-6+,17-16-,24-14+,32-30+. The first-order valence-corrected chi connectivity index (χ1v) is 20.9.